The van der Waals surface area contributed by atoms with Gasteiger partial charge in [-0.3, -0.25) is 0 Å². The second-order valence-corrected chi connectivity index (χ2v) is 17.8. The Morgan fingerprint density at radius 2 is 0.886 bits per heavy atom. The van der Waals surface area contributed by atoms with Gasteiger partial charge in [-0.1, -0.05) is 116 Å². The van der Waals surface area contributed by atoms with Gasteiger partial charge in [0.1, 0.15) is 31.1 Å². The second kappa shape index (κ2) is 24.5. The van der Waals surface area contributed by atoms with Crippen molar-refractivity contribution in [2.24, 2.45) is 0 Å². The molecule has 0 bridgehead atoms. The van der Waals surface area contributed by atoms with E-state index in [2.05, 4.69) is 147 Å². The maximum absolute atomic E-state index is 5.52. The van der Waals surface area contributed by atoms with Crippen LogP contribution >= 0.6 is 15.9 Å². The first kappa shape index (κ1) is 53.8. The van der Waals surface area contributed by atoms with Gasteiger partial charge in [0.25, 0.3) is 0 Å². The average Bonchev–Trinajstić information content (AvgIpc) is 3.93. The van der Waals surface area contributed by atoms with E-state index >= 15 is 0 Å². The molecule has 360 valence electrons. The Morgan fingerprint density at radius 1 is 0.486 bits per heavy atom. The van der Waals surface area contributed by atoms with E-state index in [0.717, 1.165) is 110 Å². The van der Waals surface area contributed by atoms with Crippen LogP contribution in [0.2, 0.25) is 0 Å². The van der Waals surface area contributed by atoms with Crippen LogP contribution in [0.15, 0.2) is 150 Å². The first-order valence-corrected chi connectivity index (χ1v) is 23.5. The van der Waals surface area contributed by atoms with Crippen molar-refractivity contribution in [3.8, 4) is 11.1 Å². The smallest absolute Gasteiger partial charge is 0.146 e. The van der Waals surface area contributed by atoms with Gasteiger partial charge in [-0.2, -0.15) is 36.4 Å². The van der Waals surface area contributed by atoms with Gasteiger partial charge in [-0.25, -0.2) is 19.9 Å². The molecule has 0 spiro atoms. The number of hydrogen-bond donors (Lipinski definition) is 0. The molecule has 2 aromatic heterocycles. The van der Waals surface area contributed by atoms with Crippen LogP contribution in [0.4, 0.5) is 46.0 Å². The summed E-state index contributed by atoms with van der Waals surface area (Å²) in [6, 6.07) is 56.0. The molecule has 0 unspecified atom stereocenters. The summed E-state index contributed by atoms with van der Waals surface area (Å²) in [5.41, 5.74) is 14.3. The van der Waals surface area contributed by atoms with Gasteiger partial charge < -0.3 is 30.6 Å². The minimum atomic E-state index is 0. The van der Waals surface area contributed by atoms with E-state index in [-0.39, 0.29) is 51.2 Å². The molecule has 0 saturated carbocycles. The topological polar surface area (TPSA) is 128 Å². The van der Waals surface area contributed by atoms with Crippen molar-refractivity contribution in [2.75, 3.05) is 19.6 Å². The molecule has 0 atom stereocenters. The molecule has 12 rings (SSSR count). The van der Waals surface area contributed by atoms with Crippen molar-refractivity contribution in [3.05, 3.63) is 209 Å². The molecule has 0 amide bonds. The Kier molecular flexibility index (Phi) is 18.8. The van der Waals surface area contributed by atoms with E-state index in [9.17, 15) is 0 Å². The van der Waals surface area contributed by atoms with E-state index in [1.54, 1.807) is 0 Å². The minimum Gasteiger partial charge on any atom is -0.477 e. The van der Waals surface area contributed by atoms with E-state index in [1.165, 1.54) is 42.4 Å². The van der Waals surface area contributed by atoms with E-state index in [0.29, 0.717) is 0 Å². The molecule has 0 fully saturated rings. The van der Waals surface area contributed by atoms with Crippen molar-refractivity contribution in [1.29, 1.82) is 0 Å². The molecular weight excluding hydrogens is 1290 g/mol. The zero-order chi connectivity index (χ0) is 45.0. The van der Waals surface area contributed by atoms with Crippen LogP contribution in [-0.2, 0) is 65.9 Å². The predicted molar refractivity (Wildman–Crippen MR) is 280 cm³/mol. The molecule has 2 aliphatic heterocycles. The standard InChI is InChI=1S/C28H24N4.C21H17BrN4.C7H7B.2Ir.2H2O/c1-20-10-5-6-15-24(20)21-11-9-14-23(18-21)32-19-31(22-12-3-2-4-13-22)27-28(32)30-26-17-8-7-16-25(26)29-27;22-15-7-6-10-17(13-15)26-14-25(16-8-2-1-3-9-16)20-21(26)24-19-12-5-4-11-18(19)23-20;1-6-4-2-3-5-7(6)8;;;;/h2-6,9-13,15,18-19H,7-8,16-17H2,1H3;1-3,6-9,13-14H,4-5,11-12H2;2-5H,1H3;;;2*1H2/q2*-2;;;;;. The molecule has 8 aromatic rings. The maximum atomic E-state index is 5.52. The average molecular weight is 1340 g/mol. The number of halogens is 1. The van der Waals surface area contributed by atoms with Gasteiger partial charge in [-0.15, -0.1) is 42.4 Å². The van der Waals surface area contributed by atoms with Crippen molar-refractivity contribution in [1.82, 2.24) is 19.9 Å². The summed E-state index contributed by atoms with van der Waals surface area (Å²) in [4.78, 5) is 28.7. The van der Waals surface area contributed by atoms with Crippen LogP contribution in [-0.4, -0.2) is 38.7 Å². The van der Waals surface area contributed by atoms with Crippen LogP contribution in [0.1, 0.15) is 59.6 Å². The zero-order valence-corrected chi connectivity index (χ0v) is 45.2. The number of fused-ring (bicyclic) bond motifs is 4. The van der Waals surface area contributed by atoms with Gasteiger partial charge in [0, 0.05) is 51.6 Å². The summed E-state index contributed by atoms with van der Waals surface area (Å²) in [7, 11) is 5.52. The summed E-state index contributed by atoms with van der Waals surface area (Å²) in [5, 5.41) is 0. The largest absolute Gasteiger partial charge is 0.477 e. The molecule has 70 heavy (non-hydrogen) atoms. The molecule has 6 aromatic carbocycles. The predicted octanol–water partition coefficient (Wildman–Crippen LogP) is 11.0. The molecular formula is C56H52BBrIr2N8O2-4. The second-order valence-electron chi connectivity index (χ2n) is 16.9. The van der Waals surface area contributed by atoms with Crippen molar-refractivity contribution >= 4 is 75.3 Å². The quantitative estimate of drug-likeness (QED) is 0.123. The van der Waals surface area contributed by atoms with Gasteiger partial charge in [0.15, 0.2) is 0 Å². The summed E-state index contributed by atoms with van der Waals surface area (Å²) in [5.74, 6) is 3.55. The van der Waals surface area contributed by atoms with E-state index in [1.807, 2.05) is 73.7 Å². The summed E-state index contributed by atoms with van der Waals surface area (Å²) < 4.78 is 1.02. The fraction of sp³-hybridized carbons (Fsp3) is 0.179. The Labute approximate surface area is 448 Å². The van der Waals surface area contributed by atoms with Crippen molar-refractivity contribution in [2.45, 2.75) is 65.2 Å². The molecule has 4 radical (unpaired) electrons. The number of rotatable bonds is 5. The number of para-hydroxylation sites is 2. The SMILES string of the molecule is Brc1cc[c-]c(N2[CH-]N(c3ccccc3)c3nc4c(nc32)CCCC4)c1.Cc1ccccc1-c1cc[c-]c(N2[CH-]N(c3ccccc3)c3nc4c(nc32)CCCC4)c1.O.O.[B]c1ccccc1C.[Ir].[Ir]. The summed E-state index contributed by atoms with van der Waals surface area (Å²) in [6.07, 6.45) is 8.79. The number of aromatic nitrogens is 4. The number of aryl methyl sites for hydroxylation is 6. The molecule has 10 nitrogen and oxygen atoms in total. The maximum Gasteiger partial charge on any atom is 0.146 e. The molecule has 4 N–H and O–H groups in total. The normalized spacial score (nSPS) is 13.7. The summed E-state index contributed by atoms with van der Waals surface area (Å²) >= 11 is 3.56. The fourth-order valence-electron chi connectivity index (χ4n) is 8.75. The third-order valence-corrected chi connectivity index (χ3v) is 12.8. The molecule has 0 saturated heterocycles. The van der Waals surface area contributed by atoms with Gasteiger partial charge >= 0.3 is 0 Å². The Hall–Kier alpha value is -5.56. The van der Waals surface area contributed by atoms with Gasteiger partial charge in [0.05, 0.1) is 22.8 Å². The van der Waals surface area contributed by atoms with E-state index < -0.39 is 0 Å². The Balaban J connectivity index is 0.000000191. The number of benzene rings is 6. The van der Waals surface area contributed by atoms with Crippen LogP contribution in [0.3, 0.4) is 0 Å². The van der Waals surface area contributed by atoms with Gasteiger partial charge in [0.2, 0.25) is 0 Å². The van der Waals surface area contributed by atoms with E-state index in [4.69, 9.17) is 27.8 Å². The van der Waals surface area contributed by atoms with Crippen LogP contribution in [0.25, 0.3) is 11.1 Å². The molecule has 4 heterocycles. The van der Waals surface area contributed by atoms with Crippen molar-refractivity contribution < 1.29 is 51.2 Å². The molecule has 2 aliphatic carbocycles. The molecule has 14 heteroatoms. The number of hydrogen-bond acceptors (Lipinski definition) is 8. The minimum absolute atomic E-state index is 0. The van der Waals surface area contributed by atoms with Crippen LogP contribution < -0.4 is 25.1 Å². The zero-order valence-electron chi connectivity index (χ0n) is 38.9. The van der Waals surface area contributed by atoms with Gasteiger partial charge in [-0.05, 0) is 101 Å². The Bertz CT molecular complexity index is 2990. The third-order valence-electron chi connectivity index (χ3n) is 12.3. The first-order valence-electron chi connectivity index (χ1n) is 22.7. The first-order chi connectivity index (χ1) is 32.4. The Morgan fingerprint density at radius 3 is 1.31 bits per heavy atom. The molecule has 4 aliphatic rings. The van der Waals surface area contributed by atoms with Crippen LogP contribution in [0.5, 0.6) is 0 Å². The number of nitrogens with zero attached hydrogens (tertiary/aromatic N) is 8. The number of anilines is 8. The summed E-state index contributed by atoms with van der Waals surface area (Å²) in [6.45, 7) is 8.30. The van der Waals surface area contributed by atoms with Crippen molar-refractivity contribution in [3.63, 3.8) is 0 Å². The third kappa shape index (κ3) is 11.6. The van der Waals surface area contributed by atoms with Crippen LogP contribution in [0, 0.1) is 39.3 Å². The fourth-order valence-corrected chi connectivity index (χ4v) is 9.10. The monoisotopic (exact) mass is 1340 g/mol.